The number of aliphatic hydroxyl groups is 1. The number of carboxylic acid groups (broad SMARTS) is 1. The second-order valence-electron chi connectivity index (χ2n) is 4.15. The van der Waals surface area contributed by atoms with Crippen LogP contribution in [0.5, 0.6) is 0 Å². The highest BCUT2D eigenvalue weighted by molar-refractivity contribution is 5.66. The summed E-state index contributed by atoms with van der Waals surface area (Å²) < 4.78 is 0. The van der Waals surface area contributed by atoms with Gasteiger partial charge in [-0.25, -0.2) is 0 Å². The van der Waals surface area contributed by atoms with Crippen molar-refractivity contribution >= 4 is 5.97 Å². The van der Waals surface area contributed by atoms with Crippen LogP contribution in [-0.2, 0) is 4.79 Å². The van der Waals surface area contributed by atoms with Crippen molar-refractivity contribution in [2.45, 2.75) is 31.8 Å². The number of nitrogens with one attached hydrogen (secondary N) is 1. The van der Waals surface area contributed by atoms with Crippen molar-refractivity contribution in [3.05, 3.63) is 35.9 Å². The highest BCUT2D eigenvalue weighted by atomic mass is 16.4. The lowest BCUT2D eigenvalue weighted by molar-refractivity contribution is -0.137. The third-order valence-electron chi connectivity index (χ3n) is 2.66. The van der Waals surface area contributed by atoms with Crippen LogP contribution in [0.15, 0.2) is 30.3 Å². The van der Waals surface area contributed by atoms with E-state index >= 15 is 0 Å². The van der Waals surface area contributed by atoms with E-state index in [1.807, 2.05) is 37.3 Å². The Balaban J connectivity index is 2.49. The Morgan fingerprint density at radius 2 is 2.00 bits per heavy atom. The van der Waals surface area contributed by atoms with E-state index in [0.717, 1.165) is 5.56 Å². The highest BCUT2D eigenvalue weighted by Gasteiger charge is 2.13. The first-order chi connectivity index (χ1) is 8.13. The van der Waals surface area contributed by atoms with E-state index in [2.05, 4.69) is 5.32 Å². The fraction of sp³-hybridized carbons (Fsp3) is 0.462. The van der Waals surface area contributed by atoms with Crippen LogP contribution >= 0.6 is 0 Å². The van der Waals surface area contributed by atoms with Crippen molar-refractivity contribution in [1.29, 1.82) is 0 Å². The minimum Gasteiger partial charge on any atom is -0.481 e. The van der Waals surface area contributed by atoms with Crippen LogP contribution in [0.1, 0.15) is 31.4 Å². The molecule has 4 nitrogen and oxygen atoms in total. The number of carboxylic acids is 1. The molecule has 0 amide bonds. The molecule has 1 rings (SSSR count). The van der Waals surface area contributed by atoms with Gasteiger partial charge < -0.3 is 15.5 Å². The molecule has 0 saturated carbocycles. The monoisotopic (exact) mass is 237 g/mol. The normalized spacial score (nSPS) is 14.2. The summed E-state index contributed by atoms with van der Waals surface area (Å²) in [7, 11) is 0. The Morgan fingerprint density at radius 3 is 2.53 bits per heavy atom. The van der Waals surface area contributed by atoms with Crippen LogP contribution in [0, 0.1) is 0 Å². The van der Waals surface area contributed by atoms with Gasteiger partial charge in [0.2, 0.25) is 0 Å². The Hall–Kier alpha value is -1.39. The zero-order valence-electron chi connectivity index (χ0n) is 9.97. The van der Waals surface area contributed by atoms with E-state index in [1.54, 1.807) is 0 Å². The minimum absolute atomic E-state index is 0.00141. The van der Waals surface area contributed by atoms with Gasteiger partial charge in [-0.05, 0) is 18.9 Å². The molecular weight excluding hydrogens is 218 g/mol. The molecule has 0 aliphatic carbocycles. The lowest BCUT2D eigenvalue weighted by atomic mass is 10.1. The summed E-state index contributed by atoms with van der Waals surface area (Å²) >= 11 is 0. The van der Waals surface area contributed by atoms with Crippen LogP contribution in [0.2, 0.25) is 0 Å². The summed E-state index contributed by atoms with van der Waals surface area (Å²) in [5.74, 6) is -0.793. The number of aliphatic hydroxyl groups excluding tert-OH is 1. The smallest absolute Gasteiger partial charge is 0.303 e. The molecule has 0 aliphatic heterocycles. The Bertz CT molecular complexity index is 340. The quantitative estimate of drug-likeness (QED) is 0.673. The molecule has 0 aliphatic rings. The first-order valence-corrected chi connectivity index (χ1v) is 5.77. The summed E-state index contributed by atoms with van der Waals surface area (Å²) in [6, 6.07) is 9.56. The number of carbonyl (C=O) groups is 1. The third kappa shape index (κ3) is 4.97. The van der Waals surface area contributed by atoms with Crippen LogP contribution in [0.4, 0.5) is 0 Å². The molecular formula is C13H19NO3. The molecule has 1 aromatic rings. The van der Waals surface area contributed by atoms with Gasteiger partial charge in [0.15, 0.2) is 0 Å². The van der Waals surface area contributed by atoms with E-state index < -0.39 is 5.97 Å². The molecule has 17 heavy (non-hydrogen) atoms. The zero-order valence-corrected chi connectivity index (χ0v) is 9.97. The molecule has 2 atom stereocenters. The van der Waals surface area contributed by atoms with Gasteiger partial charge in [0, 0.05) is 12.5 Å². The predicted molar refractivity (Wildman–Crippen MR) is 65.7 cm³/mol. The van der Waals surface area contributed by atoms with E-state index in [9.17, 15) is 9.90 Å². The van der Waals surface area contributed by atoms with E-state index in [-0.39, 0.29) is 25.1 Å². The Morgan fingerprint density at radius 1 is 1.35 bits per heavy atom. The average Bonchev–Trinajstić information content (AvgIpc) is 2.34. The molecule has 1 unspecified atom stereocenters. The van der Waals surface area contributed by atoms with Gasteiger partial charge >= 0.3 is 5.97 Å². The first-order valence-electron chi connectivity index (χ1n) is 5.77. The number of benzene rings is 1. The molecule has 3 N–H and O–H groups in total. The molecule has 0 saturated heterocycles. The first kappa shape index (κ1) is 13.7. The second-order valence-corrected chi connectivity index (χ2v) is 4.15. The number of aliphatic carboxylic acids is 1. The average molecular weight is 237 g/mol. The van der Waals surface area contributed by atoms with Crippen molar-refractivity contribution < 1.29 is 15.0 Å². The number of hydrogen-bond acceptors (Lipinski definition) is 3. The van der Waals surface area contributed by atoms with Gasteiger partial charge in [-0.3, -0.25) is 4.79 Å². The molecule has 0 radical (unpaired) electrons. The summed E-state index contributed by atoms with van der Waals surface area (Å²) in [4.78, 5) is 10.5. The number of hydrogen-bond donors (Lipinski definition) is 3. The molecule has 0 heterocycles. The maximum atomic E-state index is 10.5. The van der Waals surface area contributed by atoms with Gasteiger partial charge in [-0.1, -0.05) is 30.3 Å². The van der Waals surface area contributed by atoms with Gasteiger partial charge in [-0.2, -0.15) is 0 Å². The van der Waals surface area contributed by atoms with Crippen molar-refractivity contribution in [3.63, 3.8) is 0 Å². The van der Waals surface area contributed by atoms with Crippen molar-refractivity contribution in [2.24, 2.45) is 0 Å². The maximum absolute atomic E-state index is 10.5. The molecule has 0 bridgehead atoms. The van der Waals surface area contributed by atoms with Crippen molar-refractivity contribution in [2.75, 3.05) is 6.61 Å². The van der Waals surface area contributed by atoms with E-state index in [4.69, 9.17) is 5.11 Å². The maximum Gasteiger partial charge on any atom is 0.303 e. The second kappa shape index (κ2) is 7.04. The Kier molecular flexibility index (Phi) is 5.66. The molecule has 94 valence electrons. The van der Waals surface area contributed by atoms with Crippen LogP contribution in [-0.4, -0.2) is 28.8 Å². The fourth-order valence-corrected chi connectivity index (χ4v) is 1.71. The highest BCUT2D eigenvalue weighted by Crippen LogP contribution is 2.13. The molecule has 4 heteroatoms. The van der Waals surface area contributed by atoms with Crippen LogP contribution in [0.3, 0.4) is 0 Å². The topological polar surface area (TPSA) is 69.6 Å². The van der Waals surface area contributed by atoms with Gasteiger partial charge in [0.05, 0.1) is 12.6 Å². The minimum atomic E-state index is -0.793. The van der Waals surface area contributed by atoms with Gasteiger partial charge in [0.1, 0.15) is 0 Å². The van der Waals surface area contributed by atoms with Gasteiger partial charge in [0.25, 0.3) is 0 Å². The lowest BCUT2D eigenvalue weighted by Gasteiger charge is -2.21. The van der Waals surface area contributed by atoms with Crippen molar-refractivity contribution in [3.8, 4) is 0 Å². The third-order valence-corrected chi connectivity index (χ3v) is 2.66. The number of rotatable bonds is 7. The zero-order chi connectivity index (χ0) is 12.7. The van der Waals surface area contributed by atoms with Gasteiger partial charge in [-0.15, -0.1) is 0 Å². The van der Waals surface area contributed by atoms with E-state index in [1.165, 1.54) is 0 Å². The summed E-state index contributed by atoms with van der Waals surface area (Å²) in [5.41, 5.74) is 1.01. The predicted octanol–water partition coefficient (Wildman–Crippen LogP) is 1.56. The molecule has 0 fully saturated rings. The van der Waals surface area contributed by atoms with E-state index in [0.29, 0.717) is 6.42 Å². The SMILES string of the molecule is CC(CCC(=O)O)N[C@H](CO)c1ccccc1. The van der Waals surface area contributed by atoms with Crippen LogP contribution < -0.4 is 5.32 Å². The van der Waals surface area contributed by atoms with Crippen LogP contribution in [0.25, 0.3) is 0 Å². The lowest BCUT2D eigenvalue weighted by Crippen LogP contribution is -2.33. The van der Waals surface area contributed by atoms with Crippen molar-refractivity contribution in [1.82, 2.24) is 5.32 Å². The standard InChI is InChI=1S/C13H19NO3/c1-10(7-8-13(16)17)14-12(9-15)11-5-3-2-4-6-11/h2-6,10,12,14-15H,7-9H2,1H3,(H,16,17)/t10?,12-/m1/s1. The summed E-state index contributed by atoms with van der Waals surface area (Å²) in [5, 5.41) is 21.1. The molecule has 1 aromatic carbocycles. The molecule has 0 aromatic heterocycles. The summed E-state index contributed by atoms with van der Waals surface area (Å²) in [6.45, 7) is 1.93. The Labute approximate surface area is 101 Å². The fourth-order valence-electron chi connectivity index (χ4n) is 1.71. The molecule has 0 spiro atoms. The summed E-state index contributed by atoms with van der Waals surface area (Å²) in [6.07, 6.45) is 0.694. The largest absolute Gasteiger partial charge is 0.481 e.